The van der Waals surface area contributed by atoms with Gasteiger partial charge in [0.2, 0.25) is 0 Å². The maximum absolute atomic E-state index is 11.9. The molecule has 0 N–H and O–H groups in total. The summed E-state index contributed by atoms with van der Waals surface area (Å²) in [5.74, 6) is 0. The van der Waals surface area contributed by atoms with Crippen LogP contribution in [0.4, 0.5) is 8.78 Å². The lowest BCUT2D eigenvalue weighted by Gasteiger charge is -2.00. The number of rotatable bonds is 1. The summed E-state index contributed by atoms with van der Waals surface area (Å²) in [6, 6.07) is 2.32. The molecule has 3 nitrogen and oxygen atoms in total. The zero-order valence-electron chi connectivity index (χ0n) is 5.17. The van der Waals surface area contributed by atoms with Crippen LogP contribution in [0.5, 0.6) is 0 Å². The highest BCUT2D eigenvalue weighted by molar-refractivity contribution is 9.10. The average Bonchev–Trinajstić information content (AvgIpc) is 1.94. The first-order chi connectivity index (χ1) is 5.11. The molecule has 0 aliphatic rings. The van der Waals surface area contributed by atoms with Gasteiger partial charge in [0.15, 0.2) is 0 Å². The third-order valence-electron chi connectivity index (χ3n) is 0.977. The molecule has 0 amide bonds. The summed E-state index contributed by atoms with van der Waals surface area (Å²) in [6.45, 7) is -2.89. The fraction of sp³-hybridized carbons (Fsp3) is 0.200. The fourth-order valence-electron chi connectivity index (χ4n) is 0.542. The van der Waals surface area contributed by atoms with Crippen LogP contribution in [0.25, 0.3) is 0 Å². The highest BCUT2D eigenvalue weighted by Crippen LogP contribution is 2.06. The molecule has 1 aromatic rings. The molecule has 0 saturated heterocycles. The molecule has 0 bridgehead atoms. The molecule has 0 aliphatic carbocycles. The molecule has 0 atom stereocenters. The van der Waals surface area contributed by atoms with Gasteiger partial charge in [-0.3, -0.25) is 4.79 Å². The Hall–Kier alpha value is -0.780. The van der Waals surface area contributed by atoms with Crippen molar-refractivity contribution < 1.29 is 8.78 Å². The SMILES string of the molecule is O=c1ccc(Br)nn1C(F)F. The monoisotopic (exact) mass is 224 g/mol. The summed E-state index contributed by atoms with van der Waals surface area (Å²) < 4.78 is 24.1. The van der Waals surface area contributed by atoms with Gasteiger partial charge in [-0.15, -0.1) is 0 Å². The van der Waals surface area contributed by atoms with Gasteiger partial charge in [-0.1, -0.05) is 0 Å². The minimum Gasteiger partial charge on any atom is -0.268 e. The Morgan fingerprint density at radius 1 is 1.55 bits per heavy atom. The molecule has 0 fully saturated rings. The van der Waals surface area contributed by atoms with E-state index in [0.717, 1.165) is 6.07 Å². The Balaban J connectivity index is 3.24. The lowest BCUT2D eigenvalue weighted by Crippen LogP contribution is -2.22. The molecular formula is C5H3BrF2N2O. The number of halogens is 3. The Bertz CT molecular complexity index is 312. The van der Waals surface area contributed by atoms with Gasteiger partial charge >= 0.3 is 6.55 Å². The smallest absolute Gasteiger partial charge is 0.268 e. The van der Waals surface area contributed by atoms with Gasteiger partial charge in [0.05, 0.1) is 0 Å². The van der Waals surface area contributed by atoms with Crippen LogP contribution in [0.2, 0.25) is 0 Å². The topological polar surface area (TPSA) is 34.9 Å². The van der Waals surface area contributed by atoms with Crippen molar-refractivity contribution in [2.24, 2.45) is 0 Å². The standard InChI is InChI=1S/C5H3BrF2N2O/c6-3-1-2-4(11)10(9-3)5(7)8/h1-2,5H. The minimum atomic E-state index is -2.89. The maximum Gasteiger partial charge on any atom is 0.336 e. The number of hydrogen-bond donors (Lipinski definition) is 0. The first-order valence-electron chi connectivity index (χ1n) is 2.65. The molecule has 1 heterocycles. The van der Waals surface area contributed by atoms with Gasteiger partial charge in [0.1, 0.15) is 4.60 Å². The van der Waals surface area contributed by atoms with E-state index in [1.165, 1.54) is 6.07 Å². The normalized spacial score (nSPS) is 10.5. The highest BCUT2D eigenvalue weighted by atomic mass is 79.9. The van der Waals surface area contributed by atoms with Crippen LogP contribution < -0.4 is 5.56 Å². The van der Waals surface area contributed by atoms with E-state index in [9.17, 15) is 13.6 Å². The molecular weight excluding hydrogens is 222 g/mol. The van der Waals surface area contributed by atoms with Crippen molar-refractivity contribution in [1.29, 1.82) is 0 Å². The molecule has 0 radical (unpaired) electrons. The number of aromatic nitrogens is 2. The first-order valence-corrected chi connectivity index (χ1v) is 3.44. The minimum absolute atomic E-state index is 0.101. The van der Waals surface area contributed by atoms with Gasteiger partial charge in [-0.25, -0.2) is 0 Å². The molecule has 1 rings (SSSR count). The van der Waals surface area contributed by atoms with Gasteiger partial charge in [-0.2, -0.15) is 18.6 Å². The van der Waals surface area contributed by atoms with Gasteiger partial charge in [0, 0.05) is 6.07 Å². The quantitative estimate of drug-likeness (QED) is 0.723. The Morgan fingerprint density at radius 3 is 2.64 bits per heavy atom. The van der Waals surface area contributed by atoms with Crippen molar-refractivity contribution in [2.75, 3.05) is 0 Å². The van der Waals surface area contributed by atoms with E-state index >= 15 is 0 Å². The Morgan fingerprint density at radius 2 is 2.18 bits per heavy atom. The summed E-state index contributed by atoms with van der Waals surface area (Å²) in [5.41, 5.74) is -0.816. The summed E-state index contributed by atoms with van der Waals surface area (Å²) in [4.78, 5) is 10.6. The molecule has 0 unspecified atom stereocenters. The highest BCUT2D eigenvalue weighted by Gasteiger charge is 2.08. The molecule has 0 saturated carbocycles. The van der Waals surface area contributed by atoms with Crippen molar-refractivity contribution >= 4 is 15.9 Å². The lowest BCUT2D eigenvalue weighted by atomic mass is 10.6. The molecule has 11 heavy (non-hydrogen) atoms. The van der Waals surface area contributed by atoms with Gasteiger partial charge in [0.25, 0.3) is 5.56 Å². The van der Waals surface area contributed by atoms with Crippen LogP contribution in [0, 0.1) is 0 Å². The van der Waals surface area contributed by atoms with Crippen molar-refractivity contribution in [3.8, 4) is 0 Å². The van der Waals surface area contributed by atoms with Gasteiger partial charge in [-0.05, 0) is 22.0 Å². The molecule has 60 valence electrons. The third-order valence-corrected chi connectivity index (χ3v) is 1.40. The summed E-state index contributed by atoms with van der Waals surface area (Å²) in [6.07, 6.45) is 0. The Labute approximate surface area is 68.8 Å². The van der Waals surface area contributed by atoms with E-state index < -0.39 is 12.1 Å². The van der Waals surface area contributed by atoms with E-state index in [1.807, 2.05) is 0 Å². The largest absolute Gasteiger partial charge is 0.336 e. The predicted octanol–water partition coefficient (Wildman–Crippen LogP) is 1.40. The molecule has 1 aromatic heterocycles. The van der Waals surface area contributed by atoms with Gasteiger partial charge < -0.3 is 0 Å². The lowest BCUT2D eigenvalue weighted by molar-refractivity contribution is 0.0505. The fourth-order valence-corrected chi connectivity index (χ4v) is 0.845. The van der Waals surface area contributed by atoms with E-state index in [-0.39, 0.29) is 9.28 Å². The molecule has 0 spiro atoms. The van der Waals surface area contributed by atoms with Crippen LogP contribution in [-0.2, 0) is 0 Å². The average molecular weight is 225 g/mol. The van der Waals surface area contributed by atoms with Crippen molar-refractivity contribution in [1.82, 2.24) is 9.78 Å². The van der Waals surface area contributed by atoms with E-state index in [2.05, 4.69) is 21.0 Å². The van der Waals surface area contributed by atoms with Crippen LogP contribution in [0.15, 0.2) is 21.5 Å². The van der Waals surface area contributed by atoms with Crippen LogP contribution >= 0.6 is 15.9 Å². The van der Waals surface area contributed by atoms with E-state index in [0.29, 0.717) is 0 Å². The van der Waals surface area contributed by atoms with Crippen molar-refractivity contribution in [2.45, 2.75) is 6.55 Å². The second-order valence-electron chi connectivity index (χ2n) is 1.72. The third kappa shape index (κ3) is 1.83. The molecule has 0 aliphatic heterocycles. The second kappa shape index (κ2) is 3.08. The van der Waals surface area contributed by atoms with Crippen molar-refractivity contribution in [3.05, 3.63) is 27.1 Å². The maximum atomic E-state index is 11.9. The zero-order chi connectivity index (χ0) is 8.43. The Kier molecular flexibility index (Phi) is 2.33. The number of nitrogens with zero attached hydrogens (tertiary/aromatic N) is 2. The summed E-state index contributed by atoms with van der Waals surface area (Å²) in [5, 5.41) is 3.24. The van der Waals surface area contributed by atoms with Crippen LogP contribution in [0.3, 0.4) is 0 Å². The number of alkyl halides is 2. The van der Waals surface area contributed by atoms with Crippen LogP contribution in [0.1, 0.15) is 6.55 Å². The molecule has 6 heteroatoms. The zero-order valence-corrected chi connectivity index (χ0v) is 6.75. The summed E-state index contributed by atoms with van der Waals surface area (Å²) in [7, 11) is 0. The number of hydrogen-bond acceptors (Lipinski definition) is 2. The van der Waals surface area contributed by atoms with Crippen molar-refractivity contribution in [3.63, 3.8) is 0 Å². The summed E-state index contributed by atoms with van der Waals surface area (Å²) >= 11 is 2.86. The second-order valence-corrected chi connectivity index (χ2v) is 2.53. The van der Waals surface area contributed by atoms with Crippen LogP contribution in [-0.4, -0.2) is 9.78 Å². The predicted molar refractivity (Wildman–Crippen MR) is 37.4 cm³/mol. The van der Waals surface area contributed by atoms with E-state index in [1.54, 1.807) is 0 Å². The first kappa shape index (κ1) is 8.32. The van der Waals surface area contributed by atoms with E-state index in [4.69, 9.17) is 0 Å². The molecule has 0 aromatic carbocycles.